The fourth-order valence-electron chi connectivity index (χ4n) is 4.96. The van der Waals surface area contributed by atoms with Gasteiger partial charge in [0, 0.05) is 47.7 Å². The van der Waals surface area contributed by atoms with E-state index < -0.39 is 29.2 Å². The zero-order valence-corrected chi connectivity index (χ0v) is 24.6. The summed E-state index contributed by atoms with van der Waals surface area (Å²) in [5, 5.41) is 16.9. The highest BCUT2D eigenvalue weighted by Gasteiger charge is 2.21. The van der Waals surface area contributed by atoms with E-state index in [9.17, 15) is 19.1 Å². The summed E-state index contributed by atoms with van der Waals surface area (Å²) in [6.45, 7) is 3.52. The van der Waals surface area contributed by atoms with Gasteiger partial charge in [-0.25, -0.2) is 13.3 Å². The zero-order chi connectivity index (χ0) is 32.4. The Labute approximate surface area is 261 Å². The summed E-state index contributed by atoms with van der Waals surface area (Å²) in [6, 6.07) is 17.5. The highest BCUT2D eigenvalue weighted by Crippen LogP contribution is 2.36. The van der Waals surface area contributed by atoms with Crippen molar-refractivity contribution in [2.24, 2.45) is 0 Å². The zero-order valence-electron chi connectivity index (χ0n) is 24.6. The second-order valence-corrected chi connectivity index (χ2v) is 10.2. The number of hydrogen-bond acceptors (Lipinski definition) is 7. The molecule has 232 valence electrons. The molecule has 1 amide bonds. The molecule has 1 unspecified atom stereocenters. The number of benzene rings is 2. The van der Waals surface area contributed by atoms with Crippen LogP contribution in [0.5, 0.6) is 17.2 Å². The molecule has 2 aromatic carbocycles. The lowest BCUT2D eigenvalue weighted by Crippen LogP contribution is -2.29. The number of pyridine rings is 2. The van der Waals surface area contributed by atoms with Crippen LogP contribution in [0.2, 0.25) is 0 Å². The van der Waals surface area contributed by atoms with Gasteiger partial charge in [-0.3, -0.25) is 19.1 Å². The number of nitrogens with one attached hydrogen (secondary N) is 1. The molecule has 10 nitrogen and oxygen atoms in total. The number of rotatable bonds is 9. The van der Waals surface area contributed by atoms with Crippen LogP contribution in [0.1, 0.15) is 36.0 Å². The summed E-state index contributed by atoms with van der Waals surface area (Å²) in [4.78, 5) is 30.9. The van der Waals surface area contributed by atoms with Crippen molar-refractivity contribution in [1.29, 1.82) is 0 Å². The molecule has 0 aliphatic rings. The van der Waals surface area contributed by atoms with Crippen LogP contribution in [0.15, 0.2) is 102 Å². The summed E-state index contributed by atoms with van der Waals surface area (Å²) in [6.07, 6.45) is 5.51. The number of amides is 1. The highest BCUT2D eigenvalue weighted by molar-refractivity contribution is 6.06. The molecule has 46 heavy (non-hydrogen) atoms. The van der Waals surface area contributed by atoms with Crippen molar-refractivity contribution in [3.05, 3.63) is 131 Å². The minimum Gasteiger partial charge on any atom is -0.493 e. The third kappa shape index (κ3) is 5.93. The molecule has 0 saturated carbocycles. The Bertz CT molecular complexity index is 2130. The Morgan fingerprint density at radius 3 is 2.50 bits per heavy atom. The summed E-state index contributed by atoms with van der Waals surface area (Å²) >= 11 is 0. The van der Waals surface area contributed by atoms with Crippen molar-refractivity contribution in [3.63, 3.8) is 0 Å². The topological polar surface area (TPSA) is 120 Å². The van der Waals surface area contributed by atoms with Gasteiger partial charge in [0.15, 0.2) is 17.3 Å². The summed E-state index contributed by atoms with van der Waals surface area (Å²) in [7, 11) is 0. The number of aromatic nitrogens is 4. The molecule has 1 atom stereocenters. The van der Waals surface area contributed by atoms with Crippen LogP contribution in [0.4, 0.5) is 14.5 Å². The Morgan fingerprint density at radius 2 is 1.76 bits per heavy atom. The maximum atomic E-state index is 15.4. The molecule has 0 aliphatic carbocycles. The van der Waals surface area contributed by atoms with Crippen molar-refractivity contribution in [3.8, 4) is 34.1 Å². The Morgan fingerprint density at radius 1 is 0.957 bits per heavy atom. The average molecular weight is 624 g/mol. The molecule has 4 aromatic heterocycles. The van der Waals surface area contributed by atoms with Crippen LogP contribution in [-0.2, 0) is 0 Å². The van der Waals surface area contributed by atoms with E-state index in [-0.39, 0.29) is 29.4 Å². The van der Waals surface area contributed by atoms with Crippen LogP contribution < -0.4 is 20.3 Å². The van der Waals surface area contributed by atoms with Crippen molar-refractivity contribution in [1.82, 2.24) is 19.2 Å². The molecule has 4 heterocycles. The number of aliphatic hydroxyl groups is 1. The number of halogens is 2. The molecule has 0 aliphatic heterocycles. The third-order valence-corrected chi connectivity index (χ3v) is 7.13. The van der Waals surface area contributed by atoms with Crippen LogP contribution in [0.3, 0.4) is 0 Å². The predicted octanol–water partition coefficient (Wildman–Crippen LogP) is 6.32. The third-order valence-electron chi connectivity index (χ3n) is 7.13. The van der Waals surface area contributed by atoms with Gasteiger partial charge < -0.3 is 19.9 Å². The first kappa shape index (κ1) is 30.2. The standard InChI is InChI=1S/C34H27F2N5O5/c1-3-45-29-13-16-40(24-7-4-22(35)5-8-24)34(44)31(29)33(43)39-23-6-9-28(26(36)19-23)46-30-11-15-38-41-17-12-25(32(30)41)21-10-14-37-27(18-21)20(2)42/h4-20,42H,3H2,1-2H3,(H,39,43). The number of ether oxygens (including phenoxy) is 2. The SMILES string of the molecule is CCOc1ccn(-c2ccc(F)cc2)c(=O)c1C(=O)Nc1ccc(Oc2ccnn3ccc(-c4ccnc(C(C)O)c4)c23)c(F)c1. The first-order valence-electron chi connectivity index (χ1n) is 14.3. The van der Waals surface area contributed by atoms with Gasteiger partial charge in [-0.2, -0.15) is 5.10 Å². The molecule has 0 spiro atoms. The second kappa shape index (κ2) is 12.6. The molecule has 0 radical (unpaired) electrons. The lowest BCUT2D eigenvalue weighted by atomic mass is 10.1. The highest BCUT2D eigenvalue weighted by atomic mass is 19.1. The molecular weight excluding hydrogens is 596 g/mol. The molecule has 6 rings (SSSR count). The van der Waals surface area contributed by atoms with E-state index in [0.717, 1.165) is 17.2 Å². The minimum atomic E-state index is -0.819. The van der Waals surface area contributed by atoms with E-state index in [1.807, 2.05) is 6.07 Å². The van der Waals surface area contributed by atoms with Gasteiger partial charge >= 0.3 is 0 Å². The van der Waals surface area contributed by atoms with Gasteiger partial charge in [0.2, 0.25) is 0 Å². The fourth-order valence-corrected chi connectivity index (χ4v) is 4.96. The largest absolute Gasteiger partial charge is 0.493 e. The monoisotopic (exact) mass is 623 g/mol. The number of hydrogen-bond donors (Lipinski definition) is 2. The Balaban J connectivity index is 1.29. The van der Waals surface area contributed by atoms with E-state index in [1.54, 1.807) is 49.0 Å². The van der Waals surface area contributed by atoms with E-state index in [2.05, 4.69) is 15.4 Å². The lowest BCUT2D eigenvalue weighted by Gasteiger charge is -2.14. The van der Waals surface area contributed by atoms with Crippen LogP contribution in [-0.4, -0.2) is 36.8 Å². The molecular formula is C34H27F2N5O5. The first-order valence-corrected chi connectivity index (χ1v) is 14.3. The normalized spacial score (nSPS) is 11.8. The average Bonchev–Trinajstić information content (AvgIpc) is 3.48. The smallest absolute Gasteiger partial charge is 0.271 e. The number of nitrogens with zero attached hydrogens (tertiary/aromatic N) is 4. The van der Waals surface area contributed by atoms with E-state index in [4.69, 9.17) is 9.47 Å². The number of fused-ring (bicyclic) bond motifs is 1. The fraction of sp³-hybridized carbons (Fsp3) is 0.118. The van der Waals surface area contributed by atoms with Gasteiger partial charge in [-0.05, 0) is 80.1 Å². The van der Waals surface area contributed by atoms with Crippen LogP contribution in [0, 0.1) is 11.6 Å². The minimum absolute atomic E-state index is 0.0447. The number of carbonyl (C=O) groups is 1. The summed E-state index contributed by atoms with van der Waals surface area (Å²) < 4.78 is 43.2. The number of carbonyl (C=O) groups excluding carboxylic acids is 1. The van der Waals surface area contributed by atoms with Gasteiger partial charge in [-0.1, -0.05) is 0 Å². The number of anilines is 1. The predicted molar refractivity (Wildman–Crippen MR) is 167 cm³/mol. The molecule has 2 N–H and O–H groups in total. The maximum absolute atomic E-state index is 15.4. The van der Waals surface area contributed by atoms with Gasteiger partial charge in [-0.15, -0.1) is 0 Å². The summed E-state index contributed by atoms with van der Waals surface area (Å²) in [5.74, 6) is -1.83. The molecule has 12 heteroatoms. The van der Waals surface area contributed by atoms with Crippen molar-refractivity contribution in [2.45, 2.75) is 20.0 Å². The van der Waals surface area contributed by atoms with Crippen molar-refractivity contribution < 1.29 is 28.2 Å². The molecule has 6 aromatic rings. The van der Waals surface area contributed by atoms with Gasteiger partial charge in [0.25, 0.3) is 11.5 Å². The Hall–Kier alpha value is -5.88. The van der Waals surface area contributed by atoms with Gasteiger partial charge in [0.05, 0.1) is 24.6 Å². The molecule has 0 fully saturated rings. The van der Waals surface area contributed by atoms with Crippen LogP contribution >= 0.6 is 0 Å². The van der Waals surface area contributed by atoms with Gasteiger partial charge in [0.1, 0.15) is 22.6 Å². The Kier molecular flexibility index (Phi) is 8.27. The van der Waals surface area contributed by atoms with E-state index >= 15 is 4.39 Å². The summed E-state index contributed by atoms with van der Waals surface area (Å²) in [5.41, 5.74) is 1.96. The van der Waals surface area contributed by atoms with E-state index in [0.29, 0.717) is 22.6 Å². The lowest BCUT2D eigenvalue weighted by molar-refractivity contribution is 0.102. The van der Waals surface area contributed by atoms with E-state index in [1.165, 1.54) is 59.4 Å². The maximum Gasteiger partial charge on any atom is 0.271 e. The molecule has 0 saturated heterocycles. The molecule has 0 bridgehead atoms. The number of aliphatic hydroxyl groups excluding tert-OH is 1. The van der Waals surface area contributed by atoms with Crippen molar-refractivity contribution >= 4 is 17.1 Å². The quantitative estimate of drug-likeness (QED) is 0.193. The second-order valence-electron chi connectivity index (χ2n) is 10.2. The van der Waals surface area contributed by atoms with Crippen molar-refractivity contribution in [2.75, 3.05) is 11.9 Å². The first-order chi connectivity index (χ1) is 22.2. The van der Waals surface area contributed by atoms with Crippen LogP contribution in [0.25, 0.3) is 22.3 Å².